The van der Waals surface area contributed by atoms with Gasteiger partial charge in [0.2, 0.25) is 0 Å². The number of aliphatic hydroxyl groups is 3. The Kier molecular flexibility index (Phi) is 5.20. The molecule has 0 spiro atoms. The zero-order chi connectivity index (χ0) is 14.7. The summed E-state index contributed by atoms with van der Waals surface area (Å²) in [6.45, 7) is 1.39. The fraction of sp³-hybridized carbons (Fsp3) is 0.800. The van der Waals surface area contributed by atoms with E-state index in [2.05, 4.69) is 0 Å². The number of carbonyl (C=O) groups is 2. The van der Waals surface area contributed by atoms with E-state index >= 15 is 0 Å². The molecule has 0 aromatic carbocycles. The summed E-state index contributed by atoms with van der Waals surface area (Å²) in [5.41, 5.74) is 0. The number of rotatable bonds is 5. The molecule has 1 heterocycles. The Morgan fingerprint density at radius 3 is 2.21 bits per heavy atom. The molecule has 1 aliphatic rings. The van der Waals surface area contributed by atoms with E-state index in [0.717, 1.165) is 0 Å². The van der Waals surface area contributed by atoms with E-state index in [-0.39, 0.29) is 6.42 Å². The van der Waals surface area contributed by atoms with Gasteiger partial charge < -0.3 is 35.0 Å². The Bertz CT molecular complexity index is 344. The van der Waals surface area contributed by atoms with Gasteiger partial charge in [0.1, 0.15) is 18.3 Å². The Balaban J connectivity index is 2.71. The van der Waals surface area contributed by atoms with Crippen LogP contribution in [0.1, 0.15) is 13.3 Å². The first kappa shape index (κ1) is 15.8. The molecule has 5 N–H and O–H groups in total. The topological polar surface area (TPSA) is 154 Å². The molecule has 19 heavy (non-hydrogen) atoms. The van der Waals surface area contributed by atoms with Crippen LogP contribution in [0.2, 0.25) is 0 Å². The number of hydrogen-bond acceptors (Lipinski definition) is 7. The molecular weight excluding hydrogens is 264 g/mol. The number of carboxylic acid groups (broad SMARTS) is 2. The van der Waals surface area contributed by atoms with Crippen LogP contribution in [-0.2, 0) is 19.1 Å². The van der Waals surface area contributed by atoms with E-state index in [1.54, 1.807) is 0 Å². The maximum absolute atomic E-state index is 10.8. The molecule has 4 unspecified atom stereocenters. The molecule has 0 bridgehead atoms. The minimum absolute atomic E-state index is 0.386. The lowest BCUT2D eigenvalue weighted by molar-refractivity contribution is -0.303. The lowest BCUT2D eigenvalue weighted by atomic mass is 9.99. The smallest absolute Gasteiger partial charge is 0.335 e. The third-order valence-electron chi connectivity index (χ3n) is 2.64. The normalized spacial score (nSPS) is 36.7. The highest BCUT2D eigenvalue weighted by Crippen LogP contribution is 2.23. The molecule has 1 rings (SSSR count). The van der Waals surface area contributed by atoms with Gasteiger partial charge in [-0.15, -0.1) is 0 Å². The van der Waals surface area contributed by atoms with Crippen molar-refractivity contribution in [3.05, 3.63) is 0 Å². The Morgan fingerprint density at radius 1 is 1.16 bits per heavy atom. The Hall–Kier alpha value is -1.26. The van der Waals surface area contributed by atoms with Crippen molar-refractivity contribution in [1.29, 1.82) is 0 Å². The molecule has 0 saturated carbocycles. The van der Waals surface area contributed by atoms with E-state index in [0.29, 0.717) is 0 Å². The van der Waals surface area contributed by atoms with Gasteiger partial charge in [-0.25, -0.2) is 4.79 Å². The van der Waals surface area contributed by atoms with Gasteiger partial charge in [0, 0.05) is 0 Å². The molecule has 0 aromatic rings. The van der Waals surface area contributed by atoms with Gasteiger partial charge in [-0.2, -0.15) is 0 Å². The quantitative estimate of drug-likeness (QED) is 0.376. The van der Waals surface area contributed by atoms with Crippen molar-refractivity contribution < 1.29 is 44.6 Å². The van der Waals surface area contributed by atoms with Gasteiger partial charge in [-0.3, -0.25) is 4.79 Å². The minimum Gasteiger partial charge on any atom is -0.481 e. The summed E-state index contributed by atoms with van der Waals surface area (Å²) >= 11 is 0. The average Bonchev–Trinajstić information content (AvgIpc) is 2.28. The summed E-state index contributed by atoms with van der Waals surface area (Å²) in [6.07, 6.45) is -9.80. The van der Waals surface area contributed by atoms with Crippen molar-refractivity contribution >= 4 is 11.9 Å². The standard InChI is InChI=1S/C10H16O9/c1-3(2-4(11)12)18-10-7(15)5(13)6(14)8(19-10)9(16)17/h3,5-8,10,13-15H,2H2,1H3,(H,11,12)(H,16,17)/t3?,5-,6+,7?,8?,10?/m0/s1. The summed E-state index contributed by atoms with van der Waals surface area (Å²) in [5, 5.41) is 45.8. The average molecular weight is 280 g/mol. The highest BCUT2D eigenvalue weighted by atomic mass is 16.7. The molecule has 0 aromatic heterocycles. The molecule has 6 atom stereocenters. The van der Waals surface area contributed by atoms with Gasteiger partial charge in [0.05, 0.1) is 12.5 Å². The minimum atomic E-state index is -1.80. The first-order chi connectivity index (χ1) is 8.73. The van der Waals surface area contributed by atoms with Crippen molar-refractivity contribution in [3.63, 3.8) is 0 Å². The van der Waals surface area contributed by atoms with Crippen LogP contribution in [0.3, 0.4) is 0 Å². The van der Waals surface area contributed by atoms with Crippen LogP contribution in [0, 0.1) is 0 Å². The van der Waals surface area contributed by atoms with Crippen LogP contribution in [0.5, 0.6) is 0 Å². The predicted octanol–water partition coefficient (Wildman–Crippen LogP) is -2.24. The summed E-state index contributed by atoms with van der Waals surface area (Å²) in [6, 6.07) is 0. The summed E-state index contributed by atoms with van der Waals surface area (Å²) < 4.78 is 9.85. The Labute approximate surface area is 108 Å². The highest BCUT2D eigenvalue weighted by molar-refractivity contribution is 5.73. The third-order valence-corrected chi connectivity index (χ3v) is 2.64. The van der Waals surface area contributed by atoms with Crippen molar-refractivity contribution in [1.82, 2.24) is 0 Å². The largest absolute Gasteiger partial charge is 0.481 e. The molecule has 1 fully saturated rings. The summed E-state index contributed by atoms with van der Waals surface area (Å²) in [5.74, 6) is -2.67. The first-order valence-electron chi connectivity index (χ1n) is 5.53. The number of ether oxygens (including phenoxy) is 2. The first-order valence-corrected chi connectivity index (χ1v) is 5.53. The second-order valence-electron chi connectivity index (χ2n) is 4.28. The fourth-order valence-corrected chi connectivity index (χ4v) is 1.69. The molecule has 1 saturated heterocycles. The second kappa shape index (κ2) is 6.26. The maximum Gasteiger partial charge on any atom is 0.335 e. The molecule has 9 nitrogen and oxygen atoms in total. The van der Waals surface area contributed by atoms with E-state index in [1.165, 1.54) is 6.92 Å². The van der Waals surface area contributed by atoms with Crippen LogP contribution in [0.15, 0.2) is 0 Å². The van der Waals surface area contributed by atoms with Crippen molar-refractivity contribution in [2.24, 2.45) is 0 Å². The molecule has 110 valence electrons. The molecule has 0 radical (unpaired) electrons. The zero-order valence-corrected chi connectivity index (χ0v) is 10.0. The van der Waals surface area contributed by atoms with Crippen LogP contribution >= 0.6 is 0 Å². The van der Waals surface area contributed by atoms with Crippen molar-refractivity contribution in [3.8, 4) is 0 Å². The van der Waals surface area contributed by atoms with Crippen LogP contribution in [0.4, 0.5) is 0 Å². The van der Waals surface area contributed by atoms with E-state index in [9.17, 15) is 24.9 Å². The molecule has 1 aliphatic heterocycles. The van der Waals surface area contributed by atoms with Crippen molar-refractivity contribution in [2.45, 2.75) is 50.2 Å². The SMILES string of the molecule is CC(CC(=O)O)OC1OC(C(=O)O)[C@H](O)[C@H](O)C1O. The number of carboxylic acids is 2. The highest BCUT2D eigenvalue weighted by Gasteiger charge is 2.47. The molecule has 9 heteroatoms. The van der Waals surface area contributed by atoms with E-state index in [4.69, 9.17) is 19.7 Å². The van der Waals surface area contributed by atoms with E-state index < -0.39 is 48.7 Å². The van der Waals surface area contributed by atoms with Gasteiger partial charge in [-0.05, 0) is 6.92 Å². The number of aliphatic hydroxyl groups excluding tert-OH is 3. The summed E-state index contributed by atoms with van der Waals surface area (Å²) in [7, 11) is 0. The van der Waals surface area contributed by atoms with Crippen LogP contribution in [-0.4, -0.2) is 74.3 Å². The molecule has 0 amide bonds. The third kappa shape index (κ3) is 3.85. The van der Waals surface area contributed by atoms with E-state index in [1.807, 2.05) is 0 Å². The zero-order valence-electron chi connectivity index (χ0n) is 10.0. The Morgan fingerprint density at radius 2 is 1.74 bits per heavy atom. The van der Waals surface area contributed by atoms with Crippen molar-refractivity contribution in [2.75, 3.05) is 0 Å². The number of hydrogen-bond donors (Lipinski definition) is 5. The lowest BCUT2D eigenvalue weighted by Crippen LogP contribution is -2.60. The fourth-order valence-electron chi connectivity index (χ4n) is 1.69. The van der Waals surface area contributed by atoms with Gasteiger partial charge in [-0.1, -0.05) is 0 Å². The number of aliphatic carboxylic acids is 2. The maximum atomic E-state index is 10.8. The van der Waals surface area contributed by atoms with Gasteiger partial charge >= 0.3 is 11.9 Å². The predicted molar refractivity (Wildman–Crippen MR) is 57.1 cm³/mol. The van der Waals surface area contributed by atoms with Crippen LogP contribution < -0.4 is 0 Å². The van der Waals surface area contributed by atoms with Gasteiger partial charge in [0.15, 0.2) is 12.4 Å². The van der Waals surface area contributed by atoms with Gasteiger partial charge in [0.25, 0.3) is 0 Å². The van der Waals surface area contributed by atoms with Crippen LogP contribution in [0.25, 0.3) is 0 Å². The molecule has 0 aliphatic carbocycles. The summed E-state index contributed by atoms with van der Waals surface area (Å²) in [4.78, 5) is 21.3. The monoisotopic (exact) mass is 280 g/mol. The second-order valence-corrected chi connectivity index (χ2v) is 4.28. The molecular formula is C10H16O9. The lowest BCUT2D eigenvalue weighted by Gasteiger charge is -2.39.